The molecular formula is C18H21NO4S. The standard InChI is InChI=1S/C18H21NO4S/c1-13(2)14-8-10-16(11-9-14)24(22,23)19-17(12-18(20)21)15-6-4-3-5-7-15/h3-11,13,17,19H,12H2,1-2H3,(H,20,21)/t17-/m0/s1. The number of carboxylic acids is 1. The highest BCUT2D eigenvalue weighted by Gasteiger charge is 2.23. The van der Waals surface area contributed by atoms with E-state index in [2.05, 4.69) is 4.72 Å². The van der Waals surface area contributed by atoms with Crippen LogP contribution in [0.1, 0.15) is 43.4 Å². The number of sulfonamides is 1. The lowest BCUT2D eigenvalue weighted by Crippen LogP contribution is -2.30. The Kier molecular flexibility index (Phi) is 5.75. The third-order valence-electron chi connectivity index (χ3n) is 3.74. The van der Waals surface area contributed by atoms with Gasteiger partial charge >= 0.3 is 5.97 Å². The molecule has 0 heterocycles. The lowest BCUT2D eigenvalue weighted by molar-refractivity contribution is -0.137. The molecule has 6 heteroatoms. The van der Waals surface area contributed by atoms with Crippen LogP contribution in [-0.4, -0.2) is 19.5 Å². The number of benzene rings is 2. The molecule has 2 rings (SSSR count). The van der Waals surface area contributed by atoms with Crippen molar-refractivity contribution in [1.29, 1.82) is 0 Å². The van der Waals surface area contributed by atoms with Crippen molar-refractivity contribution in [3.8, 4) is 0 Å². The molecule has 0 unspecified atom stereocenters. The van der Waals surface area contributed by atoms with Gasteiger partial charge in [-0.05, 0) is 29.2 Å². The monoisotopic (exact) mass is 347 g/mol. The number of carbonyl (C=O) groups is 1. The predicted octanol–water partition coefficient (Wildman–Crippen LogP) is 3.30. The van der Waals surface area contributed by atoms with Gasteiger partial charge in [-0.3, -0.25) is 4.79 Å². The van der Waals surface area contributed by atoms with E-state index in [4.69, 9.17) is 5.11 Å². The maximum absolute atomic E-state index is 12.6. The van der Waals surface area contributed by atoms with Crippen LogP contribution in [0.4, 0.5) is 0 Å². The average molecular weight is 347 g/mol. The molecule has 0 spiro atoms. The first-order valence-corrected chi connectivity index (χ1v) is 9.17. The first kappa shape index (κ1) is 18.2. The second-order valence-electron chi connectivity index (χ2n) is 5.91. The van der Waals surface area contributed by atoms with E-state index in [9.17, 15) is 13.2 Å². The number of hydrogen-bond donors (Lipinski definition) is 2. The summed E-state index contributed by atoms with van der Waals surface area (Å²) in [5.74, 6) is -0.763. The maximum Gasteiger partial charge on any atom is 0.305 e. The number of rotatable bonds is 7. The lowest BCUT2D eigenvalue weighted by atomic mass is 10.0. The summed E-state index contributed by atoms with van der Waals surface area (Å²) in [7, 11) is -3.81. The van der Waals surface area contributed by atoms with Gasteiger partial charge in [0.1, 0.15) is 0 Å². The molecule has 0 saturated carbocycles. The molecule has 0 saturated heterocycles. The van der Waals surface area contributed by atoms with Crippen LogP contribution in [0.5, 0.6) is 0 Å². The highest BCUT2D eigenvalue weighted by atomic mass is 32.2. The summed E-state index contributed by atoms with van der Waals surface area (Å²) in [5.41, 5.74) is 1.65. The van der Waals surface area contributed by atoms with Crippen molar-refractivity contribution in [3.05, 3.63) is 65.7 Å². The fourth-order valence-corrected chi connectivity index (χ4v) is 3.60. The van der Waals surface area contributed by atoms with Gasteiger partial charge < -0.3 is 5.11 Å². The molecule has 5 nitrogen and oxygen atoms in total. The molecule has 2 aromatic carbocycles. The molecule has 0 aliphatic rings. The molecule has 0 aromatic heterocycles. The van der Waals surface area contributed by atoms with E-state index in [0.29, 0.717) is 11.5 Å². The Bertz CT molecular complexity index is 784. The van der Waals surface area contributed by atoms with Crippen LogP contribution in [0.2, 0.25) is 0 Å². The molecule has 1 atom stereocenters. The van der Waals surface area contributed by atoms with Crippen molar-refractivity contribution >= 4 is 16.0 Å². The van der Waals surface area contributed by atoms with Crippen LogP contribution in [0, 0.1) is 0 Å². The zero-order valence-electron chi connectivity index (χ0n) is 13.6. The van der Waals surface area contributed by atoms with Crippen molar-refractivity contribution in [1.82, 2.24) is 4.72 Å². The molecule has 0 fully saturated rings. The van der Waals surface area contributed by atoms with E-state index in [1.165, 1.54) is 0 Å². The number of aliphatic carboxylic acids is 1. The second kappa shape index (κ2) is 7.59. The molecular weight excluding hydrogens is 326 g/mol. The summed E-state index contributed by atoms with van der Waals surface area (Å²) >= 11 is 0. The van der Waals surface area contributed by atoms with Crippen LogP contribution in [0.3, 0.4) is 0 Å². The van der Waals surface area contributed by atoms with Crippen molar-refractivity contribution < 1.29 is 18.3 Å². The van der Waals surface area contributed by atoms with Gasteiger partial charge in [-0.25, -0.2) is 13.1 Å². The van der Waals surface area contributed by atoms with Crippen LogP contribution < -0.4 is 4.72 Å². The van der Waals surface area contributed by atoms with Gasteiger partial charge in [0.05, 0.1) is 17.4 Å². The van der Waals surface area contributed by atoms with E-state index in [-0.39, 0.29) is 11.3 Å². The van der Waals surface area contributed by atoms with Crippen molar-refractivity contribution in [3.63, 3.8) is 0 Å². The summed E-state index contributed by atoms with van der Waals surface area (Å²) in [4.78, 5) is 11.2. The largest absolute Gasteiger partial charge is 0.481 e. The average Bonchev–Trinajstić information content (AvgIpc) is 2.54. The Hall–Kier alpha value is -2.18. The normalized spacial score (nSPS) is 13.0. The van der Waals surface area contributed by atoms with Crippen LogP contribution in [-0.2, 0) is 14.8 Å². The van der Waals surface area contributed by atoms with Crippen molar-refractivity contribution in [2.24, 2.45) is 0 Å². The minimum Gasteiger partial charge on any atom is -0.481 e. The first-order valence-electron chi connectivity index (χ1n) is 7.68. The molecule has 2 aromatic rings. The topological polar surface area (TPSA) is 83.5 Å². The first-order chi connectivity index (χ1) is 11.3. The molecule has 0 amide bonds. The van der Waals surface area contributed by atoms with Gasteiger partial charge in [-0.15, -0.1) is 0 Å². The number of nitrogens with one attached hydrogen (secondary N) is 1. The van der Waals surface area contributed by atoms with Gasteiger partial charge in [0.15, 0.2) is 0 Å². The summed E-state index contributed by atoms with van der Waals surface area (Å²) < 4.78 is 27.6. The van der Waals surface area contributed by atoms with Gasteiger partial charge in [0, 0.05) is 0 Å². The highest BCUT2D eigenvalue weighted by Crippen LogP contribution is 2.22. The Morgan fingerprint density at radius 3 is 2.08 bits per heavy atom. The molecule has 2 N–H and O–H groups in total. The Labute approximate surface area is 142 Å². The fraction of sp³-hybridized carbons (Fsp3) is 0.278. The Morgan fingerprint density at radius 2 is 1.58 bits per heavy atom. The van der Waals surface area contributed by atoms with Gasteiger partial charge in [0.2, 0.25) is 10.0 Å². The molecule has 0 aliphatic carbocycles. The SMILES string of the molecule is CC(C)c1ccc(S(=O)(=O)N[C@@H](CC(=O)O)c2ccccc2)cc1. The lowest BCUT2D eigenvalue weighted by Gasteiger charge is -2.18. The summed E-state index contributed by atoms with van der Waals surface area (Å²) in [6.45, 7) is 4.06. The van der Waals surface area contributed by atoms with Gasteiger partial charge in [-0.1, -0.05) is 56.3 Å². The zero-order chi connectivity index (χ0) is 17.7. The van der Waals surface area contributed by atoms with Crippen molar-refractivity contribution in [2.75, 3.05) is 0 Å². The minimum atomic E-state index is -3.81. The number of carboxylic acid groups (broad SMARTS) is 1. The molecule has 24 heavy (non-hydrogen) atoms. The van der Waals surface area contributed by atoms with Crippen LogP contribution in [0.15, 0.2) is 59.5 Å². The van der Waals surface area contributed by atoms with Gasteiger partial charge in [0.25, 0.3) is 0 Å². The number of hydrogen-bond acceptors (Lipinski definition) is 3. The smallest absolute Gasteiger partial charge is 0.305 e. The van der Waals surface area contributed by atoms with Crippen LogP contribution in [0.25, 0.3) is 0 Å². The van der Waals surface area contributed by atoms with Crippen molar-refractivity contribution in [2.45, 2.75) is 37.1 Å². The summed E-state index contributed by atoms with van der Waals surface area (Å²) in [6, 6.07) is 14.5. The second-order valence-corrected chi connectivity index (χ2v) is 7.62. The van der Waals surface area contributed by atoms with E-state index in [1.807, 2.05) is 13.8 Å². The van der Waals surface area contributed by atoms with E-state index >= 15 is 0 Å². The molecule has 0 bridgehead atoms. The van der Waals surface area contributed by atoms with E-state index < -0.39 is 22.0 Å². The molecule has 0 radical (unpaired) electrons. The Balaban J connectivity index is 2.28. The third-order valence-corrected chi connectivity index (χ3v) is 5.22. The molecule has 0 aliphatic heterocycles. The highest BCUT2D eigenvalue weighted by molar-refractivity contribution is 7.89. The maximum atomic E-state index is 12.6. The van der Waals surface area contributed by atoms with Gasteiger partial charge in [-0.2, -0.15) is 0 Å². The van der Waals surface area contributed by atoms with Crippen LogP contribution >= 0.6 is 0 Å². The minimum absolute atomic E-state index is 0.123. The Morgan fingerprint density at radius 1 is 1.00 bits per heavy atom. The zero-order valence-corrected chi connectivity index (χ0v) is 14.5. The fourth-order valence-electron chi connectivity index (χ4n) is 2.37. The summed E-state index contributed by atoms with van der Waals surface area (Å²) in [5, 5.41) is 9.08. The quantitative estimate of drug-likeness (QED) is 0.805. The summed E-state index contributed by atoms with van der Waals surface area (Å²) in [6.07, 6.45) is -0.326. The predicted molar refractivity (Wildman–Crippen MR) is 92.3 cm³/mol. The third kappa shape index (κ3) is 4.66. The van der Waals surface area contributed by atoms with E-state index in [1.54, 1.807) is 54.6 Å². The van der Waals surface area contributed by atoms with E-state index in [0.717, 1.165) is 5.56 Å². The molecule has 128 valence electrons.